The third-order valence-corrected chi connectivity index (χ3v) is 7.51. The molecular formula is C32H46N6O4. The number of H-pyrrole nitrogens is 1. The Bertz CT molecular complexity index is 1290. The highest BCUT2D eigenvalue weighted by molar-refractivity contribution is 5.91. The molecule has 7 N–H and O–H groups in total. The molecule has 42 heavy (non-hydrogen) atoms. The van der Waals surface area contributed by atoms with E-state index in [2.05, 4.69) is 32.8 Å². The number of benzene rings is 2. The Kier molecular flexibility index (Phi) is 12.5. The number of aliphatic hydroxyl groups excluding tert-OH is 1. The van der Waals surface area contributed by atoms with Gasteiger partial charge in [-0.2, -0.15) is 0 Å². The topological polar surface area (TPSA) is 162 Å². The molecule has 3 rings (SSSR count). The van der Waals surface area contributed by atoms with Crippen molar-refractivity contribution >= 4 is 28.5 Å². The van der Waals surface area contributed by atoms with Gasteiger partial charge in [0.15, 0.2) is 0 Å². The standard InChI is InChI=1S/C32H46N6O4/c1-5-21(4)17-35-30(40)16-29(39)27(13-20(2)3)37-32(42)28(15-24-18-34-19-36-24)38-31(41)26(33)14-23-11-8-10-22-9-6-7-12-25(22)23/h6-12,18-21,26-29,39H,5,13-17,33H2,1-4H3,(H,34,36)(H,35,40)(H,37,42)(H,38,41)/t21?,26-,27?,28-,29?/m0/s1. The van der Waals surface area contributed by atoms with Gasteiger partial charge in [0, 0.05) is 19.2 Å². The zero-order valence-corrected chi connectivity index (χ0v) is 25.1. The van der Waals surface area contributed by atoms with Gasteiger partial charge in [-0.25, -0.2) is 4.98 Å². The van der Waals surface area contributed by atoms with E-state index >= 15 is 0 Å². The fraction of sp³-hybridized carbons (Fsp3) is 0.500. The lowest BCUT2D eigenvalue weighted by atomic mass is 9.96. The first-order valence-electron chi connectivity index (χ1n) is 14.8. The number of nitrogens with one attached hydrogen (secondary N) is 4. The van der Waals surface area contributed by atoms with Gasteiger partial charge in [-0.15, -0.1) is 0 Å². The molecule has 0 radical (unpaired) electrons. The summed E-state index contributed by atoms with van der Waals surface area (Å²) in [7, 11) is 0. The first-order chi connectivity index (χ1) is 20.1. The van der Waals surface area contributed by atoms with Crippen LogP contribution in [-0.2, 0) is 27.2 Å². The minimum absolute atomic E-state index is 0.127. The van der Waals surface area contributed by atoms with Gasteiger partial charge in [0.25, 0.3) is 0 Å². The Labute approximate surface area is 248 Å². The Morgan fingerprint density at radius 1 is 1.00 bits per heavy atom. The monoisotopic (exact) mass is 578 g/mol. The Morgan fingerprint density at radius 2 is 1.74 bits per heavy atom. The van der Waals surface area contributed by atoms with Crippen LogP contribution in [0.1, 0.15) is 58.2 Å². The zero-order valence-electron chi connectivity index (χ0n) is 25.1. The number of aromatic amines is 1. The van der Waals surface area contributed by atoms with Crippen molar-refractivity contribution in [1.82, 2.24) is 25.9 Å². The fourth-order valence-corrected chi connectivity index (χ4v) is 4.84. The number of aromatic nitrogens is 2. The molecule has 0 aliphatic rings. The molecule has 3 aromatic rings. The lowest BCUT2D eigenvalue weighted by Crippen LogP contribution is -2.56. The first kappa shape index (κ1) is 32.8. The van der Waals surface area contributed by atoms with Crippen molar-refractivity contribution in [2.24, 2.45) is 17.6 Å². The molecule has 5 atom stereocenters. The van der Waals surface area contributed by atoms with Crippen molar-refractivity contribution in [1.29, 1.82) is 0 Å². The Hall–Kier alpha value is -3.76. The quantitative estimate of drug-likeness (QED) is 0.153. The number of aliphatic hydroxyl groups is 1. The van der Waals surface area contributed by atoms with Gasteiger partial charge in [0.2, 0.25) is 17.7 Å². The van der Waals surface area contributed by atoms with Gasteiger partial charge in [0.05, 0.1) is 36.6 Å². The van der Waals surface area contributed by atoms with E-state index in [-0.39, 0.29) is 24.7 Å². The van der Waals surface area contributed by atoms with Crippen LogP contribution in [0.5, 0.6) is 0 Å². The number of fused-ring (bicyclic) bond motifs is 1. The van der Waals surface area contributed by atoms with Crippen molar-refractivity contribution < 1.29 is 19.5 Å². The predicted octanol–water partition coefficient (Wildman–Crippen LogP) is 2.60. The van der Waals surface area contributed by atoms with Crippen LogP contribution >= 0.6 is 0 Å². The highest BCUT2D eigenvalue weighted by Crippen LogP contribution is 2.20. The molecule has 1 heterocycles. The van der Waals surface area contributed by atoms with Gasteiger partial charge in [-0.3, -0.25) is 14.4 Å². The maximum absolute atomic E-state index is 13.6. The minimum Gasteiger partial charge on any atom is -0.390 e. The van der Waals surface area contributed by atoms with Crippen LogP contribution in [0.4, 0.5) is 0 Å². The van der Waals surface area contributed by atoms with Gasteiger partial charge < -0.3 is 31.8 Å². The third-order valence-electron chi connectivity index (χ3n) is 7.51. The molecule has 3 amide bonds. The van der Waals surface area contributed by atoms with Crippen molar-refractivity contribution in [3.05, 3.63) is 66.2 Å². The highest BCUT2D eigenvalue weighted by Gasteiger charge is 2.30. The summed E-state index contributed by atoms with van der Waals surface area (Å²) >= 11 is 0. The maximum Gasteiger partial charge on any atom is 0.243 e. The van der Waals surface area contributed by atoms with E-state index in [1.54, 1.807) is 6.20 Å². The van der Waals surface area contributed by atoms with Crippen LogP contribution in [0.25, 0.3) is 10.8 Å². The number of nitrogens with zero attached hydrogens (tertiary/aromatic N) is 1. The van der Waals surface area contributed by atoms with Gasteiger partial charge in [-0.1, -0.05) is 76.6 Å². The molecular weight excluding hydrogens is 532 g/mol. The second kappa shape index (κ2) is 16.0. The van der Waals surface area contributed by atoms with Crippen molar-refractivity contribution in [2.75, 3.05) is 6.54 Å². The van der Waals surface area contributed by atoms with Crippen LogP contribution in [0.3, 0.4) is 0 Å². The van der Waals surface area contributed by atoms with Crippen molar-refractivity contribution in [3.63, 3.8) is 0 Å². The summed E-state index contributed by atoms with van der Waals surface area (Å²) in [5.41, 5.74) is 7.87. The second-order valence-electron chi connectivity index (χ2n) is 11.6. The SMILES string of the molecule is CCC(C)CNC(=O)CC(O)C(CC(C)C)NC(=O)[C@H](Cc1c[nH]cn1)NC(=O)[C@@H](N)Cc1cccc2ccccc12. The predicted molar refractivity (Wildman–Crippen MR) is 164 cm³/mol. The summed E-state index contributed by atoms with van der Waals surface area (Å²) in [6, 6.07) is 11.2. The molecule has 0 fully saturated rings. The van der Waals surface area contributed by atoms with Gasteiger partial charge in [0.1, 0.15) is 6.04 Å². The molecule has 1 aromatic heterocycles. The summed E-state index contributed by atoms with van der Waals surface area (Å²) < 4.78 is 0. The van der Waals surface area contributed by atoms with Crippen LogP contribution in [0.2, 0.25) is 0 Å². The highest BCUT2D eigenvalue weighted by atomic mass is 16.3. The van der Waals surface area contributed by atoms with E-state index in [1.807, 2.05) is 63.2 Å². The zero-order chi connectivity index (χ0) is 30.6. The third kappa shape index (κ3) is 9.95. The Morgan fingerprint density at radius 3 is 2.43 bits per heavy atom. The number of nitrogens with two attached hydrogens (primary N) is 1. The molecule has 3 unspecified atom stereocenters. The molecule has 0 aliphatic carbocycles. The van der Waals surface area contributed by atoms with Crippen LogP contribution in [-0.4, -0.2) is 63.6 Å². The number of rotatable bonds is 16. The van der Waals surface area contributed by atoms with E-state index in [9.17, 15) is 19.5 Å². The number of amides is 3. The molecule has 10 heteroatoms. The molecule has 0 saturated heterocycles. The van der Waals surface area contributed by atoms with Gasteiger partial charge >= 0.3 is 0 Å². The fourth-order valence-electron chi connectivity index (χ4n) is 4.84. The lowest BCUT2D eigenvalue weighted by molar-refractivity contribution is -0.131. The molecule has 2 aromatic carbocycles. The van der Waals surface area contributed by atoms with E-state index in [1.165, 1.54) is 6.33 Å². The second-order valence-corrected chi connectivity index (χ2v) is 11.6. The number of imidazole rings is 1. The number of hydrogen-bond acceptors (Lipinski definition) is 6. The van der Waals surface area contributed by atoms with E-state index in [0.717, 1.165) is 22.8 Å². The summed E-state index contributed by atoms with van der Waals surface area (Å²) in [5.74, 6) is -0.749. The molecule has 10 nitrogen and oxygen atoms in total. The van der Waals surface area contributed by atoms with Crippen molar-refractivity contribution in [2.45, 2.75) is 84.0 Å². The lowest BCUT2D eigenvalue weighted by Gasteiger charge is -2.28. The summed E-state index contributed by atoms with van der Waals surface area (Å²) in [4.78, 5) is 46.4. The van der Waals surface area contributed by atoms with E-state index in [0.29, 0.717) is 31.0 Å². The largest absolute Gasteiger partial charge is 0.390 e. The van der Waals surface area contributed by atoms with E-state index in [4.69, 9.17) is 5.73 Å². The average Bonchev–Trinajstić information content (AvgIpc) is 3.48. The van der Waals surface area contributed by atoms with E-state index < -0.39 is 36.0 Å². The first-order valence-corrected chi connectivity index (χ1v) is 14.8. The number of carbonyl (C=O) groups excluding carboxylic acids is 3. The number of hydrogen-bond donors (Lipinski definition) is 6. The number of carbonyl (C=O) groups is 3. The maximum atomic E-state index is 13.6. The van der Waals surface area contributed by atoms with Crippen LogP contribution in [0.15, 0.2) is 55.0 Å². The molecule has 0 spiro atoms. The summed E-state index contributed by atoms with van der Waals surface area (Å²) in [6.45, 7) is 8.57. The minimum atomic E-state index is -1.09. The average molecular weight is 579 g/mol. The van der Waals surface area contributed by atoms with Crippen LogP contribution in [0, 0.1) is 11.8 Å². The molecule has 0 saturated carbocycles. The molecule has 0 bridgehead atoms. The van der Waals surface area contributed by atoms with Crippen LogP contribution < -0.4 is 21.7 Å². The normalized spacial score (nSPS) is 15.0. The molecule has 0 aliphatic heterocycles. The summed E-state index contributed by atoms with van der Waals surface area (Å²) in [6.07, 6.45) is 3.74. The smallest absolute Gasteiger partial charge is 0.243 e. The summed E-state index contributed by atoms with van der Waals surface area (Å²) in [5, 5.41) is 21.6. The van der Waals surface area contributed by atoms with Crippen molar-refractivity contribution in [3.8, 4) is 0 Å². The molecule has 228 valence electrons. The Balaban J connectivity index is 1.71. The van der Waals surface area contributed by atoms with Gasteiger partial charge in [-0.05, 0) is 41.0 Å².